The van der Waals surface area contributed by atoms with Crippen molar-refractivity contribution >= 4 is 11.0 Å². The van der Waals surface area contributed by atoms with Crippen molar-refractivity contribution in [3.8, 4) is 0 Å². The van der Waals surface area contributed by atoms with Gasteiger partial charge in [-0.15, -0.1) is 0 Å². The van der Waals surface area contributed by atoms with Crippen LogP contribution in [0.15, 0.2) is 18.2 Å². The fourth-order valence-electron chi connectivity index (χ4n) is 2.81. The number of aromatic nitrogens is 2. The minimum atomic E-state index is -4.34. The standard InChI is InChI=1S/C15H17F3N2O/c1-2-7-20-12-6-5-10(15(16,17)18)9-11(12)19-14(20)13-4-3-8-21-13/h5-6,9,13H,2-4,7-8H2,1H3. The Labute approximate surface area is 120 Å². The van der Waals surface area contributed by atoms with Crippen LogP contribution in [0.4, 0.5) is 13.2 Å². The first-order valence-corrected chi connectivity index (χ1v) is 7.19. The normalized spacial score (nSPS) is 19.5. The summed E-state index contributed by atoms with van der Waals surface area (Å²) >= 11 is 0. The highest BCUT2D eigenvalue weighted by Crippen LogP contribution is 2.34. The molecule has 1 saturated heterocycles. The molecule has 0 saturated carbocycles. The maximum atomic E-state index is 12.8. The Morgan fingerprint density at radius 1 is 1.38 bits per heavy atom. The summed E-state index contributed by atoms with van der Waals surface area (Å²) in [6, 6.07) is 3.76. The lowest BCUT2D eigenvalue weighted by molar-refractivity contribution is -0.137. The minimum Gasteiger partial charge on any atom is -0.370 e. The Hall–Kier alpha value is -1.56. The summed E-state index contributed by atoms with van der Waals surface area (Å²) in [6.45, 7) is 3.46. The molecule has 0 radical (unpaired) electrons. The van der Waals surface area contributed by atoms with Crippen LogP contribution in [-0.4, -0.2) is 16.2 Å². The zero-order chi connectivity index (χ0) is 15.0. The molecule has 21 heavy (non-hydrogen) atoms. The molecule has 2 aromatic rings. The third-order valence-corrected chi connectivity index (χ3v) is 3.77. The quantitative estimate of drug-likeness (QED) is 0.844. The lowest BCUT2D eigenvalue weighted by Gasteiger charge is -2.12. The number of fused-ring (bicyclic) bond motifs is 1. The molecule has 1 aromatic carbocycles. The molecule has 3 rings (SSSR count). The van der Waals surface area contributed by atoms with Crippen LogP contribution in [0.1, 0.15) is 43.7 Å². The number of hydrogen-bond donors (Lipinski definition) is 0. The Kier molecular flexibility index (Phi) is 3.65. The van der Waals surface area contributed by atoms with E-state index in [2.05, 4.69) is 4.98 Å². The average Bonchev–Trinajstić information content (AvgIpc) is 3.05. The van der Waals surface area contributed by atoms with E-state index in [1.165, 1.54) is 6.07 Å². The zero-order valence-electron chi connectivity index (χ0n) is 11.8. The van der Waals surface area contributed by atoms with Gasteiger partial charge in [-0.3, -0.25) is 0 Å². The van der Waals surface area contributed by atoms with E-state index in [9.17, 15) is 13.2 Å². The molecule has 6 heteroatoms. The number of aryl methyl sites for hydroxylation is 1. The molecule has 0 amide bonds. The van der Waals surface area contributed by atoms with Gasteiger partial charge < -0.3 is 9.30 Å². The van der Waals surface area contributed by atoms with Crippen molar-refractivity contribution in [1.29, 1.82) is 0 Å². The summed E-state index contributed by atoms with van der Waals surface area (Å²) < 4.78 is 46.1. The highest BCUT2D eigenvalue weighted by Gasteiger charge is 2.31. The van der Waals surface area contributed by atoms with Crippen molar-refractivity contribution < 1.29 is 17.9 Å². The number of halogens is 3. The third-order valence-electron chi connectivity index (χ3n) is 3.77. The van der Waals surface area contributed by atoms with Crippen LogP contribution >= 0.6 is 0 Å². The molecule has 0 spiro atoms. The van der Waals surface area contributed by atoms with Gasteiger partial charge in [0.15, 0.2) is 0 Å². The van der Waals surface area contributed by atoms with Crippen molar-refractivity contribution in [2.45, 2.75) is 45.0 Å². The molecule has 1 aliphatic heterocycles. The van der Waals surface area contributed by atoms with Crippen LogP contribution in [0.5, 0.6) is 0 Å². The molecule has 1 unspecified atom stereocenters. The van der Waals surface area contributed by atoms with Gasteiger partial charge >= 0.3 is 6.18 Å². The minimum absolute atomic E-state index is 0.0988. The van der Waals surface area contributed by atoms with E-state index in [1.807, 2.05) is 11.5 Å². The second kappa shape index (κ2) is 5.33. The van der Waals surface area contributed by atoms with Crippen LogP contribution in [0.3, 0.4) is 0 Å². The molecule has 3 nitrogen and oxygen atoms in total. The number of alkyl halides is 3. The van der Waals surface area contributed by atoms with Crippen molar-refractivity contribution in [2.75, 3.05) is 6.61 Å². The number of rotatable bonds is 3. The molecule has 0 bridgehead atoms. The first-order valence-electron chi connectivity index (χ1n) is 7.19. The lowest BCUT2D eigenvalue weighted by Crippen LogP contribution is -2.08. The summed E-state index contributed by atoms with van der Waals surface area (Å²) in [4.78, 5) is 4.43. The van der Waals surface area contributed by atoms with Gasteiger partial charge in [0.05, 0.1) is 16.6 Å². The van der Waals surface area contributed by atoms with Gasteiger partial charge in [0, 0.05) is 13.2 Å². The van der Waals surface area contributed by atoms with Crippen molar-refractivity contribution in [1.82, 2.24) is 9.55 Å². The Bertz CT molecular complexity index is 642. The van der Waals surface area contributed by atoms with Crippen molar-refractivity contribution in [3.63, 3.8) is 0 Å². The summed E-state index contributed by atoms with van der Waals surface area (Å²) in [5.41, 5.74) is 0.481. The molecular formula is C15H17F3N2O. The number of benzene rings is 1. The Morgan fingerprint density at radius 2 is 2.19 bits per heavy atom. The van der Waals surface area contributed by atoms with Gasteiger partial charge in [-0.05, 0) is 37.5 Å². The Balaban J connectivity index is 2.11. The number of imidazole rings is 1. The smallest absolute Gasteiger partial charge is 0.370 e. The monoisotopic (exact) mass is 298 g/mol. The topological polar surface area (TPSA) is 27.1 Å². The van der Waals surface area contributed by atoms with Gasteiger partial charge in [-0.25, -0.2) is 4.98 Å². The van der Waals surface area contributed by atoms with Crippen LogP contribution in [0.25, 0.3) is 11.0 Å². The van der Waals surface area contributed by atoms with Crippen LogP contribution in [0.2, 0.25) is 0 Å². The summed E-state index contributed by atoms with van der Waals surface area (Å²) in [5, 5.41) is 0. The van der Waals surface area contributed by atoms with E-state index in [0.29, 0.717) is 12.1 Å². The van der Waals surface area contributed by atoms with Gasteiger partial charge in [-0.1, -0.05) is 6.92 Å². The average molecular weight is 298 g/mol. The van der Waals surface area contributed by atoms with E-state index >= 15 is 0 Å². The second-order valence-electron chi connectivity index (χ2n) is 5.32. The van der Waals surface area contributed by atoms with E-state index in [-0.39, 0.29) is 6.10 Å². The fraction of sp³-hybridized carbons (Fsp3) is 0.533. The predicted molar refractivity (Wildman–Crippen MR) is 73.0 cm³/mol. The number of nitrogens with zero attached hydrogens (tertiary/aromatic N) is 2. The van der Waals surface area contributed by atoms with Crippen LogP contribution < -0.4 is 0 Å². The van der Waals surface area contributed by atoms with Crippen molar-refractivity contribution in [3.05, 3.63) is 29.6 Å². The summed E-state index contributed by atoms with van der Waals surface area (Å²) in [5.74, 6) is 0.753. The second-order valence-corrected chi connectivity index (χ2v) is 5.32. The molecule has 0 aliphatic carbocycles. The van der Waals surface area contributed by atoms with E-state index < -0.39 is 11.7 Å². The Morgan fingerprint density at radius 3 is 2.81 bits per heavy atom. The molecule has 1 fully saturated rings. The summed E-state index contributed by atoms with van der Waals surface area (Å²) in [7, 11) is 0. The molecule has 1 aromatic heterocycles. The molecular weight excluding hydrogens is 281 g/mol. The predicted octanol–water partition coefficient (Wildman–Crippen LogP) is 4.32. The first-order chi connectivity index (χ1) is 10.0. The van der Waals surface area contributed by atoms with Crippen LogP contribution in [0, 0.1) is 0 Å². The summed E-state index contributed by atoms with van der Waals surface area (Å²) in [6.07, 6.45) is -1.70. The van der Waals surface area contributed by atoms with E-state index in [4.69, 9.17) is 4.74 Å². The zero-order valence-corrected chi connectivity index (χ0v) is 11.8. The molecule has 114 valence electrons. The lowest BCUT2D eigenvalue weighted by atomic mass is 10.2. The first kappa shape index (κ1) is 14.4. The maximum absolute atomic E-state index is 12.8. The largest absolute Gasteiger partial charge is 0.416 e. The number of ether oxygens (including phenoxy) is 1. The van der Waals surface area contributed by atoms with E-state index in [1.54, 1.807) is 0 Å². The SMILES string of the molecule is CCCn1c(C2CCCO2)nc2cc(C(F)(F)F)ccc21. The van der Waals surface area contributed by atoms with Crippen LogP contribution in [-0.2, 0) is 17.5 Å². The molecule has 2 heterocycles. The molecule has 1 aliphatic rings. The van der Waals surface area contributed by atoms with Gasteiger partial charge in [0.2, 0.25) is 0 Å². The third kappa shape index (κ3) is 2.64. The number of hydrogen-bond acceptors (Lipinski definition) is 2. The fourth-order valence-corrected chi connectivity index (χ4v) is 2.81. The maximum Gasteiger partial charge on any atom is 0.416 e. The molecule has 0 N–H and O–H groups in total. The van der Waals surface area contributed by atoms with Gasteiger partial charge in [0.1, 0.15) is 11.9 Å². The highest BCUT2D eigenvalue weighted by atomic mass is 19.4. The van der Waals surface area contributed by atoms with Gasteiger partial charge in [0.25, 0.3) is 0 Å². The van der Waals surface area contributed by atoms with E-state index in [0.717, 1.165) is 49.3 Å². The van der Waals surface area contributed by atoms with Crippen molar-refractivity contribution in [2.24, 2.45) is 0 Å². The van der Waals surface area contributed by atoms with Gasteiger partial charge in [-0.2, -0.15) is 13.2 Å². The highest BCUT2D eigenvalue weighted by molar-refractivity contribution is 5.77. The molecule has 1 atom stereocenters.